The summed E-state index contributed by atoms with van der Waals surface area (Å²) in [6.07, 6.45) is -22.5. The molecule has 3 aliphatic heterocycles. The van der Waals surface area contributed by atoms with Crippen molar-refractivity contribution in [3.63, 3.8) is 0 Å². The number of hydrogen-bond acceptors (Lipinski definition) is 10. The van der Waals surface area contributed by atoms with E-state index in [9.17, 15) is 35.6 Å². The van der Waals surface area contributed by atoms with Crippen LogP contribution in [0.2, 0.25) is 0 Å². The van der Waals surface area contributed by atoms with Gasteiger partial charge in [0, 0.05) is 0 Å². The molecule has 136 valence electrons. The Morgan fingerprint density at radius 1 is 0.792 bits per heavy atom. The lowest BCUT2D eigenvalue weighted by Gasteiger charge is -2.25. The van der Waals surface area contributed by atoms with Gasteiger partial charge in [-0.1, -0.05) is 0 Å². The predicted octanol–water partition coefficient (Wildman–Crippen LogP) is 0.312. The van der Waals surface area contributed by atoms with Gasteiger partial charge in [0.25, 0.3) is 6.36 Å². The molecule has 0 bridgehead atoms. The van der Waals surface area contributed by atoms with Crippen molar-refractivity contribution in [1.82, 2.24) is 0 Å². The van der Waals surface area contributed by atoms with Crippen molar-refractivity contribution in [2.45, 2.75) is 43.1 Å². The van der Waals surface area contributed by atoms with Crippen LogP contribution in [0, 0.1) is 0 Å². The first kappa shape index (κ1) is 17.0. The zero-order valence-corrected chi connectivity index (χ0v) is 11.8. The van der Waals surface area contributed by atoms with E-state index >= 15 is 0 Å². The van der Waals surface area contributed by atoms with Gasteiger partial charge in [-0.15, -0.1) is 0 Å². The average molecular weight is 382 g/mol. The molecule has 0 spiro atoms. The van der Waals surface area contributed by atoms with Gasteiger partial charge in [0.2, 0.25) is 12.2 Å². The zero-order chi connectivity index (χ0) is 17.9. The van der Waals surface area contributed by atoms with Crippen molar-refractivity contribution in [3.8, 4) is 0 Å². The third kappa shape index (κ3) is 2.93. The molecule has 6 unspecified atom stereocenters. The van der Waals surface area contributed by atoms with Gasteiger partial charge in [-0.25, -0.2) is 18.0 Å². The normalized spacial score (nSPS) is 41.5. The van der Waals surface area contributed by atoms with Gasteiger partial charge in [0.05, 0.1) is 0 Å². The molecule has 3 fully saturated rings. The van der Waals surface area contributed by atoms with Crippen molar-refractivity contribution in [1.29, 1.82) is 0 Å². The number of halogens is 4. The Hall–Kier alpha value is -1.87. The highest BCUT2D eigenvalue weighted by molar-refractivity contribution is 7.82. The molecule has 3 saturated heterocycles. The van der Waals surface area contributed by atoms with Crippen LogP contribution in [0.15, 0.2) is 0 Å². The van der Waals surface area contributed by atoms with Gasteiger partial charge in [-0.3, -0.25) is 0 Å². The Kier molecular flexibility index (Phi) is 3.76. The second-order valence-corrected chi connectivity index (χ2v) is 5.95. The molecule has 24 heavy (non-hydrogen) atoms. The minimum atomic E-state index is -5.14. The summed E-state index contributed by atoms with van der Waals surface area (Å²) >= 11 is 0. The molecule has 10 nitrogen and oxygen atoms in total. The van der Waals surface area contributed by atoms with Crippen LogP contribution in [-0.2, 0) is 37.7 Å². The van der Waals surface area contributed by atoms with Gasteiger partial charge in [-0.2, -0.15) is 26.0 Å². The fourth-order valence-electron chi connectivity index (χ4n) is 2.32. The second-order valence-electron chi connectivity index (χ2n) is 4.74. The first-order valence-electron chi connectivity index (χ1n) is 6.05. The molecular formula is C9H6F4O10S. The van der Waals surface area contributed by atoms with E-state index in [4.69, 9.17) is 0 Å². The number of carbonyl (C=O) groups excluding carboxylic acids is 2. The molecule has 6 atom stereocenters. The minimum absolute atomic E-state index is 1.54. The molecule has 0 saturated carbocycles. The summed E-state index contributed by atoms with van der Waals surface area (Å²) in [5, 5.41) is 0. The SMILES string of the molecule is O=C1OC(F)C(C2OS(=O)(=O)OC2C2OC(=O)OC2C(F)(F)F)O1. The maximum Gasteiger partial charge on any atom is 0.511 e. The van der Waals surface area contributed by atoms with E-state index in [1.165, 1.54) is 0 Å². The van der Waals surface area contributed by atoms with Crippen molar-refractivity contribution >= 4 is 22.7 Å². The topological polar surface area (TPSA) is 124 Å². The molecule has 3 rings (SSSR count). The quantitative estimate of drug-likeness (QED) is 0.487. The lowest BCUT2D eigenvalue weighted by Crippen LogP contribution is -2.51. The lowest BCUT2D eigenvalue weighted by molar-refractivity contribution is -0.212. The summed E-state index contributed by atoms with van der Waals surface area (Å²) in [7, 11) is -4.87. The van der Waals surface area contributed by atoms with E-state index in [0.717, 1.165) is 0 Å². The van der Waals surface area contributed by atoms with Gasteiger partial charge in [-0.05, 0) is 0 Å². The van der Waals surface area contributed by atoms with Crippen LogP contribution in [0.25, 0.3) is 0 Å². The van der Waals surface area contributed by atoms with Crippen molar-refractivity contribution < 1.29 is 62.9 Å². The fraction of sp³-hybridized carbons (Fsp3) is 0.778. The number of rotatable bonds is 2. The monoisotopic (exact) mass is 382 g/mol. The summed E-state index contributed by atoms with van der Waals surface area (Å²) in [5.74, 6) is 0. The summed E-state index contributed by atoms with van der Waals surface area (Å²) in [4.78, 5) is 21.9. The first-order chi connectivity index (χ1) is 11.0. The van der Waals surface area contributed by atoms with Gasteiger partial charge >= 0.3 is 28.9 Å². The summed E-state index contributed by atoms with van der Waals surface area (Å²) in [6.45, 7) is 0. The molecule has 15 heteroatoms. The molecule has 0 aromatic carbocycles. The van der Waals surface area contributed by atoms with E-state index in [1.807, 2.05) is 0 Å². The molecule has 0 aliphatic carbocycles. The Bertz CT molecular complexity index is 662. The maximum atomic E-state index is 13.6. The maximum absolute atomic E-state index is 13.6. The van der Waals surface area contributed by atoms with E-state index in [-0.39, 0.29) is 0 Å². The van der Waals surface area contributed by atoms with Gasteiger partial charge in [0.1, 0.15) is 0 Å². The largest absolute Gasteiger partial charge is 0.511 e. The van der Waals surface area contributed by atoms with E-state index < -0.39 is 65.8 Å². The minimum Gasteiger partial charge on any atom is -0.424 e. The van der Waals surface area contributed by atoms with Crippen molar-refractivity contribution in [2.75, 3.05) is 0 Å². The van der Waals surface area contributed by atoms with Crippen LogP contribution in [0.3, 0.4) is 0 Å². The van der Waals surface area contributed by atoms with Crippen LogP contribution >= 0.6 is 0 Å². The molecule has 0 aromatic heterocycles. The van der Waals surface area contributed by atoms with Crippen LogP contribution in [-0.4, -0.2) is 63.8 Å². The van der Waals surface area contributed by atoms with Crippen LogP contribution in [0.1, 0.15) is 0 Å². The summed E-state index contributed by atoms with van der Waals surface area (Å²) in [6, 6.07) is 0. The zero-order valence-electron chi connectivity index (χ0n) is 11.0. The lowest BCUT2D eigenvalue weighted by atomic mass is 9.99. The molecule has 3 aliphatic rings. The standard InChI is InChI=1S/C9H6F4O10S/c10-6-4(19-8(15)21-6)2-1(22-24(16,17)23-2)3-5(9(11,12)13)20-7(14)18-3/h1-6H. The van der Waals surface area contributed by atoms with E-state index in [0.29, 0.717) is 0 Å². The van der Waals surface area contributed by atoms with Crippen molar-refractivity contribution in [3.05, 3.63) is 0 Å². The molecule has 0 amide bonds. The molecular weight excluding hydrogens is 376 g/mol. The third-order valence-corrected chi connectivity index (χ3v) is 4.12. The fourth-order valence-corrected chi connectivity index (χ4v) is 3.35. The number of ether oxygens (including phenoxy) is 4. The molecule has 0 aromatic rings. The summed E-state index contributed by atoms with van der Waals surface area (Å²) in [5.41, 5.74) is 0. The van der Waals surface area contributed by atoms with E-state index in [1.54, 1.807) is 0 Å². The number of carbonyl (C=O) groups is 2. The Morgan fingerprint density at radius 3 is 1.79 bits per heavy atom. The Labute approximate surface area is 129 Å². The number of hydrogen-bond donors (Lipinski definition) is 0. The smallest absolute Gasteiger partial charge is 0.424 e. The highest BCUT2D eigenvalue weighted by Crippen LogP contribution is 2.40. The highest BCUT2D eigenvalue weighted by atomic mass is 32.3. The predicted molar refractivity (Wildman–Crippen MR) is 56.1 cm³/mol. The van der Waals surface area contributed by atoms with Crippen molar-refractivity contribution in [2.24, 2.45) is 0 Å². The second kappa shape index (κ2) is 5.32. The van der Waals surface area contributed by atoms with Crippen LogP contribution in [0.5, 0.6) is 0 Å². The highest BCUT2D eigenvalue weighted by Gasteiger charge is 2.64. The third-order valence-electron chi connectivity index (χ3n) is 3.21. The molecule has 0 N–H and O–H groups in total. The molecule has 0 radical (unpaired) electrons. The average Bonchev–Trinajstić information content (AvgIpc) is 3.04. The summed E-state index contributed by atoms with van der Waals surface area (Å²) < 4.78 is 100. The first-order valence-corrected chi connectivity index (χ1v) is 7.38. The number of alkyl halides is 4. The van der Waals surface area contributed by atoms with E-state index in [2.05, 4.69) is 27.3 Å². The van der Waals surface area contributed by atoms with Crippen LogP contribution in [0.4, 0.5) is 27.2 Å². The molecule has 3 heterocycles. The Balaban J connectivity index is 1.92. The Morgan fingerprint density at radius 2 is 1.29 bits per heavy atom. The van der Waals surface area contributed by atoms with Crippen LogP contribution < -0.4 is 0 Å². The van der Waals surface area contributed by atoms with Gasteiger partial charge < -0.3 is 18.9 Å². The van der Waals surface area contributed by atoms with Gasteiger partial charge in [0.15, 0.2) is 18.3 Å². The number of cyclic esters (lactones) is 4.